The van der Waals surface area contributed by atoms with E-state index in [-0.39, 0.29) is 29.1 Å². The Labute approximate surface area is 186 Å². The molecular formula is C19H16F8N6O. The molecule has 0 amide bonds. The summed E-state index contributed by atoms with van der Waals surface area (Å²) in [5.74, 6) is -3.32. The van der Waals surface area contributed by atoms with Gasteiger partial charge in [0.1, 0.15) is 0 Å². The van der Waals surface area contributed by atoms with Crippen molar-refractivity contribution in [1.29, 1.82) is 0 Å². The summed E-state index contributed by atoms with van der Waals surface area (Å²) in [6.45, 7) is -0.715. The van der Waals surface area contributed by atoms with Crippen LogP contribution in [0.2, 0.25) is 0 Å². The topological polar surface area (TPSA) is 69.0 Å². The van der Waals surface area contributed by atoms with Crippen LogP contribution in [-0.2, 0) is 12.7 Å². The second-order valence-electron chi connectivity index (χ2n) is 7.72. The Morgan fingerprint density at radius 1 is 1.06 bits per heavy atom. The highest BCUT2D eigenvalue weighted by atomic mass is 19.4. The molecule has 0 radical (unpaired) electrons. The van der Waals surface area contributed by atoms with Gasteiger partial charge < -0.3 is 9.64 Å². The molecule has 1 fully saturated rings. The predicted octanol–water partition coefficient (Wildman–Crippen LogP) is 4.46. The van der Waals surface area contributed by atoms with Gasteiger partial charge in [0.05, 0.1) is 18.7 Å². The number of hydrogen-bond acceptors (Lipinski definition) is 6. The summed E-state index contributed by atoms with van der Waals surface area (Å²) in [6.07, 6.45) is -12.2. The molecule has 0 N–H and O–H groups in total. The molecule has 0 saturated carbocycles. The lowest BCUT2D eigenvalue weighted by Crippen LogP contribution is -2.32. The maximum atomic E-state index is 13.8. The van der Waals surface area contributed by atoms with E-state index in [2.05, 4.69) is 20.2 Å². The molecule has 3 heterocycles. The Morgan fingerprint density at radius 2 is 1.76 bits per heavy atom. The van der Waals surface area contributed by atoms with Gasteiger partial charge in [-0.1, -0.05) is 18.2 Å². The number of benzene rings is 1. The fourth-order valence-electron chi connectivity index (χ4n) is 3.39. The maximum Gasteiger partial charge on any atom is 0.425 e. The van der Waals surface area contributed by atoms with E-state index in [1.54, 1.807) is 0 Å². The predicted molar refractivity (Wildman–Crippen MR) is 102 cm³/mol. The van der Waals surface area contributed by atoms with E-state index >= 15 is 0 Å². The monoisotopic (exact) mass is 496 g/mol. The molecule has 0 bridgehead atoms. The lowest BCUT2D eigenvalue weighted by Gasteiger charge is -2.19. The molecule has 7 nitrogen and oxygen atoms in total. The van der Waals surface area contributed by atoms with Crippen LogP contribution < -0.4 is 9.64 Å². The quantitative estimate of drug-likeness (QED) is 0.486. The smallest absolute Gasteiger partial charge is 0.425 e. The summed E-state index contributed by atoms with van der Waals surface area (Å²) < 4.78 is 111. The van der Waals surface area contributed by atoms with Crippen LogP contribution in [-0.4, -0.2) is 56.3 Å². The average Bonchev–Trinajstić information content (AvgIpc) is 3.28. The van der Waals surface area contributed by atoms with Gasteiger partial charge in [0.2, 0.25) is 5.65 Å². The number of rotatable bonds is 5. The minimum absolute atomic E-state index is 0.158. The van der Waals surface area contributed by atoms with Crippen molar-refractivity contribution in [2.75, 3.05) is 18.0 Å². The van der Waals surface area contributed by atoms with Gasteiger partial charge in [-0.15, -0.1) is 10.2 Å². The Hall–Kier alpha value is -3.26. The van der Waals surface area contributed by atoms with Gasteiger partial charge in [0, 0.05) is 13.0 Å². The molecule has 1 atom stereocenters. The molecule has 1 aromatic carbocycles. The molecule has 1 saturated heterocycles. The Kier molecular flexibility index (Phi) is 5.76. The number of nitrogens with zero attached hydrogens (tertiary/aromatic N) is 6. The van der Waals surface area contributed by atoms with Crippen LogP contribution in [0.25, 0.3) is 11.2 Å². The first-order chi connectivity index (χ1) is 15.7. The van der Waals surface area contributed by atoms with E-state index in [9.17, 15) is 35.1 Å². The molecule has 0 unspecified atom stereocenters. The van der Waals surface area contributed by atoms with E-state index in [0.29, 0.717) is 6.92 Å². The number of aromatic nitrogens is 5. The van der Waals surface area contributed by atoms with Crippen molar-refractivity contribution < 1.29 is 39.9 Å². The summed E-state index contributed by atoms with van der Waals surface area (Å²) in [5.41, 5.74) is -1.58. The minimum Gasteiger partial charge on any atom is -0.451 e. The minimum atomic E-state index is -4.75. The second-order valence-corrected chi connectivity index (χ2v) is 7.72. The third-order valence-electron chi connectivity index (χ3n) is 5.10. The van der Waals surface area contributed by atoms with Gasteiger partial charge in [-0.05, 0) is 18.6 Å². The Bertz CT molecular complexity index is 1190. The summed E-state index contributed by atoms with van der Waals surface area (Å²) in [7, 11) is 0. The maximum absolute atomic E-state index is 13.8. The molecule has 0 spiro atoms. The first-order valence-corrected chi connectivity index (χ1v) is 9.87. The molecular weight excluding hydrogens is 480 g/mol. The number of alkyl halides is 8. The summed E-state index contributed by atoms with van der Waals surface area (Å²) in [6, 6.07) is 3.91. The largest absolute Gasteiger partial charge is 0.451 e. The van der Waals surface area contributed by atoms with Crippen molar-refractivity contribution in [1.82, 2.24) is 25.0 Å². The SMILES string of the molecule is C[C@H](Oc1nc(N2CCC(F)(F)C2)c2nn(Cc3ccccc3C(F)(F)F)nc2n1)C(F)(F)F. The fourth-order valence-corrected chi connectivity index (χ4v) is 3.39. The van der Waals surface area contributed by atoms with Crippen LogP contribution in [0.1, 0.15) is 24.5 Å². The summed E-state index contributed by atoms with van der Waals surface area (Å²) in [4.78, 5) is 9.55. The standard InChI is InChI=1S/C19H16F8N6O/c1-10(18(22,23)24)34-16-28-14-13(15(29-16)32-7-6-17(20,21)9-32)30-33(31-14)8-11-4-2-3-5-12(11)19(25,26)27/h2-5,10H,6-9H2,1H3/t10-/m0/s1. The molecule has 15 heteroatoms. The normalized spacial score (nSPS) is 17.4. The van der Waals surface area contributed by atoms with E-state index in [1.165, 1.54) is 18.2 Å². The zero-order valence-corrected chi connectivity index (χ0v) is 17.3. The zero-order chi connectivity index (χ0) is 24.9. The lowest BCUT2D eigenvalue weighted by molar-refractivity contribution is -0.190. The number of anilines is 1. The zero-order valence-electron chi connectivity index (χ0n) is 17.3. The molecule has 4 rings (SSSR count). The van der Waals surface area contributed by atoms with E-state index in [1.807, 2.05) is 0 Å². The van der Waals surface area contributed by atoms with Gasteiger partial charge in [-0.25, -0.2) is 8.78 Å². The van der Waals surface area contributed by atoms with E-state index in [4.69, 9.17) is 4.74 Å². The number of hydrogen-bond donors (Lipinski definition) is 0. The van der Waals surface area contributed by atoms with Crippen LogP contribution in [0.4, 0.5) is 40.9 Å². The van der Waals surface area contributed by atoms with Crippen molar-refractivity contribution in [3.05, 3.63) is 35.4 Å². The first-order valence-electron chi connectivity index (χ1n) is 9.87. The van der Waals surface area contributed by atoms with Crippen LogP contribution in [0.5, 0.6) is 6.01 Å². The van der Waals surface area contributed by atoms with Crippen LogP contribution in [0.15, 0.2) is 24.3 Å². The molecule has 184 valence electrons. The van der Waals surface area contributed by atoms with Crippen LogP contribution in [0.3, 0.4) is 0 Å². The summed E-state index contributed by atoms with van der Waals surface area (Å²) >= 11 is 0. The van der Waals surface area contributed by atoms with Crippen molar-refractivity contribution >= 4 is 17.0 Å². The van der Waals surface area contributed by atoms with Crippen molar-refractivity contribution in [3.63, 3.8) is 0 Å². The molecule has 34 heavy (non-hydrogen) atoms. The second kappa shape index (κ2) is 8.20. The Morgan fingerprint density at radius 3 is 2.38 bits per heavy atom. The highest BCUT2D eigenvalue weighted by Gasteiger charge is 2.41. The van der Waals surface area contributed by atoms with Crippen LogP contribution in [0, 0.1) is 0 Å². The number of halogens is 8. The summed E-state index contributed by atoms with van der Waals surface area (Å²) in [5, 5.41) is 7.98. The third kappa shape index (κ3) is 4.97. The fraction of sp³-hybridized carbons (Fsp3) is 0.474. The van der Waals surface area contributed by atoms with Crippen molar-refractivity contribution in [2.24, 2.45) is 0 Å². The van der Waals surface area contributed by atoms with Gasteiger partial charge in [-0.3, -0.25) is 0 Å². The third-order valence-corrected chi connectivity index (χ3v) is 5.10. The lowest BCUT2D eigenvalue weighted by atomic mass is 10.1. The highest BCUT2D eigenvalue weighted by Crippen LogP contribution is 2.35. The van der Waals surface area contributed by atoms with Crippen molar-refractivity contribution in [2.45, 2.75) is 44.3 Å². The van der Waals surface area contributed by atoms with Gasteiger partial charge in [0.15, 0.2) is 17.4 Å². The molecule has 1 aliphatic heterocycles. The van der Waals surface area contributed by atoms with Gasteiger partial charge in [0.25, 0.3) is 5.92 Å². The number of ether oxygens (including phenoxy) is 1. The highest BCUT2D eigenvalue weighted by molar-refractivity contribution is 5.83. The molecule has 0 aliphatic carbocycles. The Balaban J connectivity index is 1.75. The van der Waals surface area contributed by atoms with Crippen molar-refractivity contribution in [3.8, 4) is 6.01 Å². The van der Waals surface area contributed by atoms with E-state index in [0.717, 1.165) is 15.8 Å². The molecule has 3 aromatic rings. The number of fused-ring (bicyclic) bond motifs is 1. The average molecular weight is 496 g/mol. The molecule has 1 aliphatic rings. The van der Waals surface area contributed by atoms with Gasteiger partial charge in [-0.2, -0.15) is 41.1 Å². The van der Waals surface area contributed by atoms with Crippen LogP contribution >= 0.6 is 0 Å². The first kappa shape index (κ1) is 23.9. The van der Waals surface area contributed by atoms with E-state index < -0.39 is 55.5 Å². The molecule has 2 aromatic heterocycles. The van der Waals surface area contributed by atoms with Gasteiger partial charge >= 0.3 is 18.4 Å².